The number of likely N-dealkylation sites (N-methyl/N-ethyl adjacent to an activating group) is 1. The quantitative estimate of drug-likeness (QED) is 0.581. The van der Waals surface area contributed by atoms with Crippen LogP contribution in [0.2, 0.25) is 0 Å². The van der Waals surface area contributed by atoms with E-state index in [-0.39, 0.29) is 5.91 Å². The van der Waals surface area contributed by atoms with Crippen LogP contribution in [0.4, 0.5) is 10.8 Å². The molecule has 1 amide bonds. The summed E-state index contributed by atoms with van der Waals surface area (Å²) >= 11 is 1.53. The number of carbonyl (C=O) groups is 1. The summed E-state index contributed by atoms with van der Waals surface area (Å²) in [7, 11) is 0. The van der Waals surface area contributed by atoms with Gasteiger partial charge < -0.3 is 10.2 Å². The molecule has 0 bridgehead atoms. The molecule has 6 heteroatoms. The maximum Gasteiger partial charge on any atom is 0.228 e. The zero-order chi connectivity index (χ0) is 19.8. The number of anilines is 2. The van der Waals surface area contributed by atoms with Gasteiger partial charge in [-0.1, -0.05) is 19.1 Å². The lowest BCUT2D eigenvalue weighted by Crippen LogP contribution is -2.34. The van der Waals surface area contributed by atoms with Gasteiger partial charge >= 0.3 is 0 Å². The molecule has 2 heterocycles. The molecule has 146 valence electrons. The van der Waals surface area contributed by atoms with Gasteiger partial charge in [0, 0.05) is 36.6 Å². The van der Waals surface area contributed by atoms with Gasteiger partial charge in [0.15, 0.2) is 5.13 Å². The van der Waals surface area contributed by atoms with Crippen LogP contribution in [0.1, 0.15) is 30.7 Å². The van der Waals surface area contributed by atoms with E-state index in [9.17, 15) is 4.79 Å². The third-order valence-corrected chi connectivity index (χ3v) is 5.46. The molecule has 0 saturated heterocycles. The van der Waals surface area contributed by atoms with Crippen LogP contribution in [0.5, 0.6) is 0 Å². The Bertz CT molecular complexity index is 877. The Kier molecular flexibility index (Phi) is 7.14. The number of nitrogens with zero attached hydrogens (tertiary/aromatic N) is 3. The molecule has 0 aliphatic rings. The molecule has 3 aromatic rings. The number of hydrogen-bond acceptors (Lipinski definition) is 5. The molecule has 28 heavy (non-hydrogen) atoms. The Balaban J connectivity index is 1.54. The first kappa shape index (κ1) is 20.0. The number of amides is 1. The summed E-state index contributed by atoms with van der Waals surface area (Å²) < 4.78 is 0. The number of carbonyl (C=O) groups excluding carboxylic acids is 1. The third kappa shape index (κ3) is 5.63. The van der Waals surface area contributed by atoms with E-state index in [4.69, 9.17) is 0 Å². The largest absolute Gasteiger partial charge is 0.342 e. The van der Waals surface area contributed by atoms with E-state index < -0.39 is 0 Å². The van der Waals surface area contributed by atoms with Gasteiger partial charge in [-0.2, -0.15) is 0 Å². The van der Waals surface area contributed by atoms with Crippen LogP contribution in [0.3, 0.4) is 0 Å². The Morgan fingerprint density at radius 2 is 1.82 bits per heavy atom. The van der Waals surface area contributed by atoms with Crippen molar-refractivity contribution in [3.63, 3.8) is 0 Å². The maximum atomic E-state index is 12.7. The Hall–Kier alpha value is -2.73. The van der Waals surface area contributed by atoms with Crippen molar-refractivity contribution >= 4 is 28.1 Å². The number of rotatable bonds is 9. The van der Waals surface area contributed by atoms with Gasteiger partial charge in [0.2, 0.25) is 5.91 Å². The van der Waals surface area contributed by atoms with Crippen molar-refractivity contribution in [2.75, 3.05) is 18.4 Å². The van der Waals surface area contributed by atoms with E-state index in [2.05, 4.69) is 46.5 Å². The average molecular weight is 395 g/mol. The highest BCUT2D eigenvalue weighted by molar-refractivity contribution is 7.13. The number of benzene rings is 1. The Morgan fingerprint density at radius 1 is 1.07 bits per heavy atom. The summed E-state index contributed by atoms with van der Waals surface area (Å²) in [5, 5.41) is 6.08. The van der Waals surface area contributed by atoms with Crippen LogP contribution in [-0.2, 0) is 24.1 Å². The minimum absolute atomic E-state index is 0.112. The van der Waals surface area contributed by atoms with Gasteiger partial charge in [-0.05, 0) is 55.2 Å². The van der Waals surface area contributed by atoms with E-state index in [1.807, 2.05) is 29.3 Å². The van der Waals surface area contributed by atoms with Gasteiger partial charge in [-0.3, -0.25) is 9.78 Å². The van der Waals surface area contributed by atoms with E-state index in [0.717, 1.165) is 29.4 Å². The van der Waals surface area contributed by atoms with E-state index >= 15 is 0 Å². The number of nitrogens with one attached hydrogen (secondary N) is 1. The fourth-order valence-electron chi connectivity index (χ4n) is 2.93. The molecule has 0 aliphatic heterocycles. The minimum Gasteiger partial charge on any atom is -0.342 e. The smallest absolute Gasteiger partial charge is 0.228 e. The topological polar surface area (TPSA) is 58.1 Å². The predicted molar refractivity (Wildman–Crippen MR) is 115 cm³/mol. The van der Waals surface area contributed by atoms with E-state index in [1.165, 1.54) is 22.5 Å². The molecule has 2 aromatic heterocycles. The SMILES string of the molecule is CCc1ccc(Nc2nc(CC(=O)N(CC)CCc3ccncc3)cs2)cc1. The van der Waals surface area contributed by atoms with Crippen molar-refractivity contribution in [1.82, 2.24) is 14.9 Å². The van der Waals surface area contributed by atoms with Gasteiger partial charge in [0.1, 0.15) is 0 Å². The van der Waals surface area contributed by atoms with Gasteiger partial charge in [0.05, 0.1) is 12.1 Å². The highest BCUT2D eigenvalue weighted by atomic mass is 32.1. The molecule has 0 unspecified atom stereocenters. The zero-order valence-electron chi connectivity index (χ0n) is 16.4. The van der Waals surface area contributed by atoms with E-state index in [0.29, 0.717) is 19.5 Å². The number of thiazole rings is 1. The van der Waals surface area contributed by atoms with Crippen molar-refractivity contribution < 1.29 is 4.79 Å². The number of aromatic nitrogens is 2. The fourth-order valence-corrected chi connectivity index (χ4v) is 3.66. The molecular formula is C22H26N4OS. The number of aryl methyl sites for hydroxylation is 1. The molecule has 0 aliphatic carbocycles. The van der Waals surface area contributed by atoms with Gasteiger partial charge in [-0.15, -0.1) is 11.3 Å². The fraction of sp³-hybridized carbons (Fsp3) is 0.318. The summed E-state index contributed by atoms with van der Waals surface area (Å²) in [6, 6.07) is 12.3. The van der Waals surface area contributed by atoms with Crippen LogP contribution in [0.25, 0.3) is 0 Å². The first-order chi connectivity index (χ1) is 13.7. The molecule has 1 N–H and O–H groups in total. The first-order valence-electron chi connectivity index (χ1n) is 9.65. The minimum atomic E-state index is 0.112. The summed E-state index contributed by atoms with van der Waals surface area (Å²) in [5.74, 6) is 0.112. The van der Waals surface area contributed by atoms with Crippen LogP contribution in [-0.4, -0.2) is 33.9 Å². The van der Waals surface area contributed by atoms with Gasteiger partial charge in [0.25, 0.3) is 0 Å². The van der Waals surface area contributed by atoms with Gasteiger partial charge in [-0.25, -0.2) is 4.98 Å². The Morgan fingerprint density at radius 3 is 2.50 bits per heavy atom. The summed E-state index contributed by atoms with van der Waals surface area (Å²) in [6.45, 7) is 5.56. The average Bonchev–Trinajstić information content (AvgIpc) is 3.16. The van der Waals surface area contributed by atoms with Crippen LogP contribution < -0.4 is 5.32 Å². The van der Waals surface area contributed by atoms with Crippen LogP contribution in [0.15, 0.2) is 54.2 Å². The predicted octanol–water partition coefficient (Wildman–Crippen LogP) is 4.48. The summed E-state index contributed by atoms with van der Waals surface area (Å²) in [6.07, 6.45) is 5.76. The molecule has 0 radical (unpaired) electrons. The highest BCUT2D eigenvalue weighted by Crippen LogP contribution is 2.22. The van der Waals surface area contributed by atoms with Crippen molar-refractivity contribution in [3.05, 3.63) is 71.0 Å². The second kappa shape index (κ2) is 9.99. The van der Waals surface area contributed by atoms with Crippen molar-refractivity contribution in [2.45, 2.75) is 33.1 Å². The molecule has 1 aromatic carbocycles. The maximum absolute atomic E-state index is 12.7. The van der Waals surface area contributed by atoms with Crippen LogP contribution >= 0.6 is 11.3 Å². The number of pyridine rings is 1. The molecule has 3 rings (SSSR count). The molecule has 0 saturated carbocycles. The standard InChI is InChI=1S/C22H26N4OS/c1-3-17-5-7-19(8-6-17)24-22-25-20(16-28-22)15-21(27)26(4-2)14-11-18-9-12-23-13-10-18/h5-10,12-13,16H,3-4,11,14-15H2,1-2H3,(H,24,25). The lowest BCUT2D eigenvalue weighted by atomic mass is 10.1. The molecule has 5 nitrogen and oxygen atoms in total. The van der Waals surface area contributed by atoms with Crippen molar-refractivity contribution in [2.24, 2.45) is 0 Å². The van der Waals surface area contributed by atoms with E-state index in [1.54, 1.807) is 12.4 Å². The first-order valence-corrected chi connectivity index (χ1v) is 10.5. The summed E-state index contributed by atoms with van der Waals surface area (Å²) in [5.41, 5.74) is 4.32. The zero-order valence-corrected chi connectivity index (χ0v) is 17.2. The normalized spacial score (nSPS) is 10.6. The lowest BCUT2D eigenvalue weighted by molar-refractivity contribution is -0.130. The molecule has 0 spiro atoms. The lowest BCUT2D eigenvalue weighted by Gasteiger charge is -2.20. The highest BCUT2D eigenvalue weighted by Gasteiger charge is 2.14. The van der Waals surface area contributed by atoms with Crippen LogP contribution in [0, 0.1) is 0 Å². The monoisotopic (exact) mass is 394 g/mol. The number of hydrogen-bond donors (Lipinski definition) is 1. The third-order valence-electron chi connectivity index (χ3n) is 4.65. The molecular weight excluding hydrogens is 368 g/mol. The second-order valence-corrected chi connectivity index (χ2v) is 7.43. The molecule has 0 atom stereocenters. The Labute approximate surface area is 170 Å². The van der Waals surface area contributed by atoms with Crippen molar-refractivity contribution in [1.29, 1.82) is 0 Å². The molecule has 0 fully saturated rings. The van der Waals surface area contributed by atoms with Crippen molar-refractivity contribution in [3.8, 4) is 0 Å². The summed E-state index contributed by atoms with van der Waals surface area (Å²) in [4.78, 5) is 23.2. The second-order valence-electron chi connectivity index (χ2n) is 6.58.